The summed E-state index contributed by atoms with van der Waals surface area (Å²) in [7, 11) is 0. The molecule has 0 aromatic carbocycles. The summed E-state index contributed by atoms with van der Waals surface area (Å²) >= 11 is 1.72. The van der Waals surface area contributed by atoms with E-state index in [9.17, 15) is 4.79 Å². The van der Waals surface area contributed by atoms with E-state index in [1.165, 1.54) is 6.33 Å². The lowest BCUT2D eigenvalue weighted by molar-refractivity contribution is -0.134. The zero-order valence-electron chi connectivity index (χ0n) is 10.8. The quantitative estimate of drug-likeness (QED) is 0.860. The van der Waals surface area contributed by atoms with Crippen LogP contribution in [0.25, 0.3) is 0 Å². The van der Waals surface area contributed by atoms with Gasteiger partial charge < -0.3 is 9.80 Å². The minimum atomic E-state index is 0.108. The first-order valence-electron chi connectivity index (χ1n) is 6.10. The molecule has 1 aromatic rings. The number of nitrogens with zero attached hydrogens (tertiary/aromatic N) is 4. The van der Waals surface area contributed by atoms with Gasteiger partial charge in [0.25, 0.3) is 0 Å². The summed E-state index contributed by atoms with van der Waals surface area (Å²) in [4.78, 5) is 20.3. The summed E-state index contributed by atoms with van der Waals surface area (Å²) in [5.74, 6) is 2.05. The molecule has 0 radical (unpaired) electrons. The van der Waals surface area contributed by atoms with Gasteiger partial charge in [0.15, 0.2) is 0 Å². The molecule has 1 atom stereocenters. The second-order valence-corrected chi connectivity index (χ2v) is 5.39. The zero-order chi connectivity index (χ0) is 13.0. The van der Waals surface area contributed by atoms with Crippen molar-refractivity contribution in [3.63, 3.8) is 0 Å². The number of aromatic nitrogens is 3. The van der Waals surface area contributed by atoms with Crippen LogP contribution in [0.1, 0.15) is 6.92 Å². The minimum absolute atomic E-state index is 0.108. The number of nitrogens with one attached hydrogen (secondary N) is 1. The molecule has 7 heteroatoms. The van der Waals surface area contributed by atoms with Crippen molar-refractivity contribution in [3.05, 3.63) is 6.33 Å². The van der Waals surface area contributed by atoms with Gasteiger partial charge in [-0.25, -0.2) is 5.10 Å². The molecule has 18 heavy (non-hydrogen) atoms. The fraction of sp³-hybridized carbons (Fsp3) is 0.727. The van der Waals surface area contributed by atoms with Gasteiger partial charge in [-0.2, -0.15) is 21.8 Å². The minimum Gasteiger partial charge on any atom is -0.339 e. The first-order valence-corrected chi connectivity index (χ1v) is 7.49. The Morgan fingerprint density at radius 2 is 2.22 bits per heavy atom. The molecule has 0 aliphatic carbocycles. The van der Waals surface area contributed by atoms with Crippen LogP contribution in [-0.2, 0) is 4.79 Å². The summed E-state index contributed by atoms with van der Waals surface area (Å²) in [5.41, 5.74) is 0. The van der Waals surface area contributed by atoms with Crippen LogP contribution in [0.3, 0.4) is 0 Å². The molecule has 0 saturated carbocycles. The van der Waals surface area contributed by atoms with Crippen LogP contribution in [0.2, 0.25) is 0 Å². The van der Waals surface area contributed by atoms with E-state index in [-0.39, 0.29) is 11.8 Å². The third-order valence-electron chi connectivity index (χ3n) is 3.13. The maximum atomic E-state index is 12.1. The number of carbonyl (C=O) groups excluding carboxylic acids is 1. The summed E-state index contributed by atoms with van der Waals surface area (Å²) in [6.45, 7) is 5.15. The normalized spacial score (nSPS) is 17.9. The van der Waals surface area contributed by atoms with Crippen LogP contribution < -0.4 is 4.90 Å². The van der Waals surface area contributed by atoms with Crippen molar-refractivity contribution in [1.29, 1.82) is 0 Å². The van der Waals surface area contributed by atoms with Gasteiger partial charge >= 0.3 is 0 Å². The summed E-state index contributed by atoms with van der Waals surface area (Å²) < 4.78 is 0. The van der Waals surface area contributed by atoms with Crippen molar-refractivity contribution in [2.75, 3.05) is 43.1 Å². The van der Waals surface area contributed by atoms with Gasteiger partial charge in [-0.3, -0.25) is 4.79 Å². The van der Waals surface area contributed by atoms with Crippen LogP contribution in [0.15, 0.2) is 6.33 Å². The Balaban J connectivity index is 1.85. The number of carbonyl (C=O) groups is 1. The lowest BCUT2D eigenvalue weighted by atomic mass is 10.1. The van der Waals surface area contributed by atoms with Gasteiger partial charge in [-0.15, -0.1) is 0 Å². The monoisotopic (exact) mass is 269 g/mol. The molecule has 1 aliphatic rings. The van der Waals surface area contributed by atoms with Gasteiger partial charge in [0.2, 0.25) is 11.9 Å². The number of H-pyrrole nitrogens is 1. The molecule has 6 nitrogen and oxygen atoms in total. The smallest absolute Gasteiger partial charge is 0.226 e. The van der Waals surface area contributed by atoms with E-state index < -0.39 is 0 Å². The summed E-state index contributed by atoms with van der Waals surface area (Å²) in [6, 6.07) is 0. The number of hydrogen-bond acceptors (Lipinski definition) is 5. The highest BCUT2D eigenvalue weighted by Crippen LogP contribution is 2.13. The van der Waals surface area contributed by atoms with Crippen LogP contribution in [0.5, 0.6) is 0 Å². The number of thioether (sulfide) groups is 1. The van der Waals surface area contributed by atoms with Crippen molar-refractivity contribution in [2.24, 2.45) is 5.92 Å². The van der Waals surface area contributed by atoms with Crippen molar-refractivity contribution in [2.45, 2.75) is 6.92 Å². The van der Waals surface area contributed by atoms with Crippen LogP contribution in [0, 0.1) is 5.92 Å². The predicted molar refractivity (Wildman–Crippen MR) is 72.7 cm³/mol. The Bertz CT molecular complexity index is 375. The topological polar surface area (TPSA) is 65.1 Å². The zero-order valence-corrected chi connectivity index (χ0v) is 11.6. The van der Waals surface area contributed by atoms with Crippen LogP contribution >= 0.6 is 11.8 Å². The van der Waals surface area contributed by atoms with Crippen LogP contribution in [-0.4, -0.2) is 64.2 Å². The van der Waals surface area contributed by atoms with Crippen molar-refractivity contribution in [3.8, 4) is 0 Å². The Morgan fingerprint density at radius 1 is 1.50 bits per heavy atom. The second kappa shape index (κ2) is 6.08. The molecule has 1 aliphatic heterocycles. The molecular formula is C11H19N5OS. The maximum Gasteiger partial charge on any atom is 0.226 e. The van der Waals surface area contributed by atoms with Crippen LogP contribution in [0.4, 0.5) is 5.95 Å². The van der Waals surface area contributed by atoms with E-state index in [4.69, 9.17) is 0 Å². The highest BCUT2D eigenvalue weighted by Gasteiger charge is 2.25. The SMILES string of the molecule is CSCC(C)C(=O)N1CCN(c2ncn[nH]2)CC1. The van der Waals surface area contributed by atoms with E-state index in [0.717, 1.165) is 37.9 Å². The third-order valence-corrected chi connectivity index (χ3v) is 3.96. The molecule has 0 spiro atoms. The Morgan fingerprint density at radius 3 is 2.78 bits per heavy atom. The molecule has 1 saturated heterocycles. The lowest BCUT2D eigenvalue weighted by Gasteiger charge is -2.35. The predicted octanol–water partition coefficient (Wildman–Crippen LogP) is 0.452. The van der Waals surface area contributed by atoms with Crippen molar-refractivity contribution in [1.82, 2.24) is 20.1 Å². The number of aromatic amines is 1. The molecule has 2 rings (SSSR count). The fourth-order valence-corrected chi connectivity index (χ4v) is 2.77. The van der Waals surface area contributed by atoms with Gasteiger partial charge in [0, 0.05) is 37.8 Å². The standard InChI is InChI=1S/C11H19N5OS/c1-9(7-18-2)10(17)15-3-5-16(6-4-15)11-12-8-13-14-11/h8-9H,3-7H2,1-2H3,(H,12,13,14). The van der Waals surface area contributed by atoms with E-state index in [1.54, 1.807) is 11.8 Å². The van der Waals surface area contributed by atoms with E-state index >= 15 is 0 Å². The third kappa shape index (κ3) is 2.95. The van der Waals surface area contributed by atoms with Gasteiger partial charge in [0.1, 0.15) is 6.33 Å². The molecule has 1 amide bonds. The van der Waals surface area contributed by atoms with E-state index in [0.29, 0.717) is 0 Å². The second-order valence-electron chi connectivity index (χ2n) is 4.48. The molecule has 2 heterocycles. The molecular weight excluding hydrogens is 250 g/mol. The number of rotatable bonds is 4. The molecule has 1 unspecified atom stereocenters. The van der Waals surface area contributed by atoms with E-state index in [2.05, 4.69) is 20.1 Å². The average Bonchev–Trinajstić information content (AvgIpc) is 2.92. The van der Waals surface area contributed by atoms with Gasteiger partial charge in [-0.05, 0) is 6.26 Å². The molecule has 0 bridgehead atoms. The molecule has 100 valence electrons. The van der Waals surface area contributed by atoms with Crippen molar-refractivity contribution >= 4 is 23.6 Å². The first kappa shape index (κ1) is 13.2. The molecule has 1 fully saturated rings. The Hall–Kier alpha value is -1.24. The Labute approximate surface area is 111 Å². The van der Waals surface area contributed by atoms with Gasteiger partial charge in [0.05, 0.1) is 0 Å². The number of amides is 1. The molecule has 1 N–H and O–H groups in total. The maximum absolute atomic E-state index is 12.1. The highest BCUT2D eigenvalue weighted by molar-refractivity contribution is 7.98. The molecule has 1 aromatic heterocycles. The Kier molecular flexibility index (Phi) is 4.46. The number of piperazine rings is 1. The fourth-order valence-electron chi connectivity index (χ4n) is 2.12. The first-order chi connectivity index (χ1) is 8.72. The van der Waals surface area contributed by atoms with E-state index in [1.807, 2.05) is 18.1 Å². The largest absolute Gasteiger partial charge is 0.339 e. The van der Waals surface area contributed by atoms with Gasteiger partial charge in [-0.1, -0.05) is 6.92 Å². The lowest BCUT2D eigenvalue weighted by Crippen LogP contribution is -2.50. The van der Waals surface area contributed by atoms with Crippen molar-refractivity contribution < 1.29 is 4.79 Å². The average molecular weight is 269 g/mol. The number of hydrogen-bond donors (Lipinski definition) is 1. The highest BCUT2D eigenvalue weighted by atomic mass is 32.2. The number of anilines is 1. The summed E-state index contributed by atoms with van der Waals surface area (Å²) in [5, 5.41) is 6.70. The summed E-state index contributed by atoms with van der Waals surface area (Å²) in [6.07, 6.45) is 3.54.